The highest BCUT2D eigenvalue weighted by molar-refractivity contribution is 4.96. The standard InChI is InChI=1S/C11H21NO/c1-10(2,3)12-6-4-11(8-12)5-7-13-9-11/h4-9H2,1-3H3/t11-/m1/s1. The first kappa shape index (κ1) is 9.47. The van der Waals surface area contributed by atoms with E-state index in [1.807, 2.05) is 0 Å². The molecule has 0 aliphatic carbocycles. The molecule has 0 amide bonds. The monoisotopic (exact) mass is 183 g/mol. The molecule has 1 atom stereocenters. The van der Waals surface area contributed by atoms with Gasteiger partial charge in [0, 0.05) is 24.1 Å². The van der Waals surface area contributed by atoms with E-state index >= 15 is 0 Å². The van der Waals surface area contributed by atoms with Gasteiger partial charge in [-0.2, -0.15) is 0 Å². The first-order valence-corrected chi connectivity index (χ1v) is 5.35. The van der Waals surface area contributed by atoms with E-state index in [0.717, 1.165) is 13.2 Å². The van der Waals surface area contributed by atoms with Crippen molar-refractivity contribution in [2.75, 3.05) is 26.3 Å². The third kappa shape index (κ3) is 1.75. The molecule has 2 aliphatic rings. The highest BCUT2D eigenvalue weighted by Gasteiger charge is 2.43. The van der Waals surface area contributed by atoms with Crippen LogP contribution < -0.4 is 0 Å². The van der Waals surface area contributed by atoms with E-state index in [2.05, 4.69) is 25.7 Å². The lowest BCUT2D eigenvalue weighted by Gasteiger charge is -2.33. The maximum atomic E-state index is 5.52. The molecular formula is C11H21NO. The fourth-order valence-electron chi connectivity index (χ4n) is 2.48. The van der Waals surface area contributed by atoms with Crippen LogP contribution in [0, 0.1) is 5.41 Å². The molecular weight excluding hydrogens is 162 g/mol. The molecule has 0 unspecified atom stereocenters. The number of hydrogen-bond donors (Lipinski definition) is 0. The lowest BCUT2D eigenvalue weighted by molar-refractivity contribution is 0.126. The van der Waals surface area contributed by atoms with Crippen molar-refractivity contribution in [1.82, 2.24) is 4.90 Å². The predicted octanol–water partition coefficient (Wildman–Crippen LogP) is 1.90. The van der Waals surface area contributed by atoms with Gasteiger partial charge < -0.3 is 4.74 Å². The fourth-order valence-corrected chi connectivity index (χ4v) is 2.48. The Morgan fingerprint density at radius 2 is 2.00 bits per heavy atom. The summed E-state index contributed by atoms with van der Waals surface area (Å²) in [6.45, 7) is 11.4. The maximum absolute atomic E-state index is 5.52. The van der Waals surface area contributed by atoms with Gasteiger partial charge in [0.1, 0.15) is 0 Å². The molecule has 0 radical (unpaired) electrons. The average Bonchev–Trinajstić information content (AvgIpc) is 2.60. The average molecular weight is 183 g/mol. The number of likely N-dealkylation sites (tertiary alicyclic amines) is 1. The first-order chi connectivity index (χ1) is 6.02. The van der Waals surface area contributed by atoms with E-state index in [-0.39, 0.29) is 0 Å². The van der Waals surface area contributed by atoms with Crippen molar-refractivity contribution in [2.45, 2.75) is 39.2 Å². The van der Waals surface area contributed by atoms with Crippen LogP contribution in [-0.2, 0) is 4.74 Å². The number of rotatable bonds is 0. The molecule has 2 heterocycles. The van der Waals surface area contributed by atoms with Crippen molar-refractivity contribution in [2.24, 2.45) is 5.41 Å². The van der Waals surface area contributed by atoms with E-state index in [4.69, 9.17) is 4.74 Å². The van der Waals surface area contributed by atoms with Crippen LogP contribution >= 0.6 is 0 Å². The summed E-state index contributed by atoms with van der Waals surface area (Å²) in [6.07, 6.45) is 2.61. The molecule has 76 valence electrons. The van der Waals surface area contributed by atoms with Crippen LogP contribution in [0.25, 0.3) is 0 Å². The highest BCUT2D eigenvalue weighted by atomic mass is 16.5. The maximum Gasteiger partial charge on any atom is 0.0536 e. The topological polar surface area (TPSA) is 12.5 Å². The summed E-state index contributed by atoms with van der Waals surface area (Å²) in [5.74, 6) is 0. The predicted molar refractivity (Wildman–Crippen MR) is 53.8 cm³/mol. The van der Waals surface area contributed by atoms with Crippen LogP contribution in [0.1, 0.15) is 33.6 Å². The summed E-state index contributed by atoms with van der Waals surface area (Å²) in [7, 11) is 0. The van der Waals surface area contributed by atoms with E-state index in [1.165, 1.54) is 25.9 Å². The van der Waals surface area contributed by atoms with Crippen LogP contribution in [0.2, 0.25) is 0 Å². The van der Waals surface area contributed by atoms with Gasteiger partial charge in [0.25, 0.3) is 0 Å². The molecule has 0 saturated carbocycles. The van der Waals surface area contributed by atoms with Crippen LogP contribution in [-0.4, -0.2) is 36.7 Å². The van der Waals surface area contributed by atoms with Crippen LogP contribution in [0.3, 0.4) is 0 Å². The van der Waals surface area contributed by atoms with Crippen molar-refractivity contribution in [1.29, 1.82) is 0 Å². The third-order valence-corrected chi connectivity index (χ3v) is 3.57. The second-order valence-electron chi connectivity index (χ2n) is 5.64. The molecule has 0 aromatic carbocycles. The highest BCUT2D eigenvalue weighted by Crippen LogP contribution is 2.40. The van der Waals surface area contributed by atoms with Crippen molar-refractivity contribution < 1.29 is 4.74 Å². The van der Waals surface area contributed by atoms with E-state index in [1.54, 1.807) is 0 Å². The Hall–Kier alpha value is -0.0800. The molecule has 2 rings (SSSR count). The van der Waals surface area contributed by atoms with E-state index in [9.17, 15) is 0 Å². The summed E-state index contributed by atoms with van der Waals surface area (Å²) in [4.78, 5) is 2.60. The second kappa shape index (κ2) is 2.96. The molecule has 0 aromatic heterocycles. The van der Waals surface area contributed by atoms with Crippen molar-refractivity contribution >= 4 is 0 Å². The summed E-state index contributed by atoms with van der Waals surface area (Å²) in [6, 6.07) is 0. The Morgan fingerprint density at radius 3 is 2.46 bits per heavy atom. The molecule has 2 nitrogen and oxygen atoms in total. The van der Waals surface area contributed by atoms with Gasteiger partial charge in [0.15, 0.2) is 0 Å². The molecule has 2 heteroatoms. The van der Waals surface area contributed by atoms with Gasteiger partial charge in [0.05, 0.1) is 6.61 Å². The van der Waals surface area contributed by atoms with Gasteiger partial charge in [0.2, 0.25) is 0 Å². The van der Waals surface area contributed by atoms with E-state index in [0.29, 0.717) is 11.0 Å². The zero-order valence-corrected chi connectivity index (χ0v) is 9.10. The zero-order valence-electron chi connectivity index (χ0n) is 9.10. The molecule has 2 saturated heterocycles. The van der Waals surface area contributed by atoms with Crippen molar-refractivity contribution in [3.63, 3.8) is 0 Å². The number of ether oxygens (including phenoxy) is 1. The minimum absolute atomic E-state index is 0.339. The van der Waals surface area contributed by atoms with E-state index < -0.39 is 0 Å². The van der Waals surface area contributed by atoms with Gasteiger partial charge in [-0.1, -0.05) is 0 Å². The molecule has 1 spiro atoms. The molecule has 0 N–H and O–H groups in total. The molecule has 13 heavy (non-hydrogen) atoms. The Morgan fingerprint density at radius 1 is 1.23 bits per heavy atom. The molecule has 2 fully saturated rings. The number of hydrogen-bond acceptors (Lipinski definition) is 2. The summed E-state index contributed by atoms with van der Waals surface area (Å²) in [5, 5.41) is 0. The van der Waals surface area contributed by atoms with Gasteiger partial charge in [-0.3, -0.25) is 4.90 Å². The molecule has 0 bridgehead atoms. The Labute approximate surface area is 81.3 Å². The Bertz CT molecular complexity index is 189. The quantitative estimate of drug-likeness (QED) is 0.568. The molecule has 0 aromatic rings. The lowest BCUT2D eigenvalue weighted by atomic mass is 9.86. The fraction of sp³-hybridized carbons (Fsp3) is 1.00. The second-order valence-corrected chi connectivity index (χ2v) is 5.64. The van der Waals surface area contributed by atoms with Gasteiger partial charge in [-0.15, -0.1) is 0 Å². The minimum Gasteiger partial charge on any atom is -0.381 e. The van der Waals surface area contributed by atoms with Crippen LogP contribution in [0.4, 0.5) is 0 Å². The smallest absolute Gasteiger partial charge is 0.0536 e. The van der Waals surface area contributed by atoms with Gasteiger partial charge in [-0.05, 0) is 40.2 Å². The summed E-state index contributed by atoms with van der Waals surface area (Å²) in [5.41, 5.74) is 0.860. The Kier molecular flexibility index (Phi) is 2.16. The SMILES string of the molecule is CC(C)(C)N1CC[C@@]2(CCOC2)C1. The normalized spacial score (nSPS) is 36.2. The lowest BCUT2D eigenvalue weighted by Crippen LogP contribution is -2.41. The van der Waals surface area contributed by atoms with Gasteiger partial charge >= 0.3 is 0 Å². The summed E-state index contributed by atoms with van der Waals surface area (Å²) < 4.78 is 5.52. The first-order valence-electron chi connectivity index (χ1n) is 5.35. The minimum atomic E-state index is 0.339. The van der Waals surface area contributed by atoms with Crippen molar-refractivity contribution in [3.05, 3.63) is 0 Å². The summed E-state index contributed by atoms with van der Waals surface area (Å²) >= 11 is 0. The molecule has 2 aliphatic heterocycles. The third-order valence-electron chi connectivity index (χ3n) is 3.57. The van der Waals surface area contributed by atoms with Gasteiger partial charge in [-0.25, -0.2) is 0 Å². The zero-order chi connectivity index (χ0) is 9.53. The number of nitrogens with zero attached hydrogens (tertiary/aromatic N) is 1. The van der Waals surface area contributed by atoms with Crippen molar-refractivity contribution in [3.8, 4) is 0 Å². The van der Waals surface area contributed by atoms with Crippen LogP contribution in [0.5, 0.6) is 0 Å². The van der Waals surface area contributed by atoms with Crippen LogP contribution in [0.15, 0.2) is 0 Å². The largest absolute Gasteiger partial charge is 0.381 e. The Balaban J connectivity index is 2.01.